The summed E-state index contributed by atoms with van der Waals surface area (Å²) in [6.45, 7) is 1.11. The highest BCUT2D eigenvalue weighted by Gasteiger charge is 1.96. The van der Waals surface area contributed by atoms with Crippen LogP contribution in [0.25, 0.3) is 0 Å². The van der Waals surface area contributed by atoms with Crippen LogP contribution in [-0.4, -0.2) is 25.2 Å². The van der Waals surface area contributed by atoms with Gasteiger partial charge in [-0.3, -0.25) is 4.79 Å². The number of carbonyl (C=O) groups is 1. The van der Waals surface area contributed by atoms with E-state index < -0.39 is 0 Å². The lowest BCUT2D eigenvalue weighted by Crippen LogP contribution is -2.28. The SMILES string of the molecule is NCCNC(=O)CCCP. The van der Waals surface area contributed by atoms with Crippen molar-refractivity contribution in [3.8, 4) is 0 Å². The minimum atomic E-state index is 0.105. The van der Waals surface area contributed by atoms with E-state index in [4.69, 9.17) is 5.73 Å². The zero-order valence-electron chi connectivity index (χ0n) is 6.10. The van der Waals surface area contributed by atoms with Gasteiger partial charge in [0.1, 0.15) is 0 Å². The fraction of sp³-hybridized carbons (Fsp3) is 0.833. The molecule has 0 heterocycles. The van der Waals surface area contributed by atoms with Gasteiger partial charge in [0.25, 0.3) is 0 Å². The second kappa shape index (κ2) is 6.97. The molecule has 4 heteroatoms. The molecular weight excluding hydrogens is 147 g/mol. The molecule has 0 saturated carbocycles. The van der Waals surface area contributed by atoms with Crippen molar-refractivity contribution in [1.82, 2.24) is 5.32 Å². The monoisotopic (exact) mass is 162 g/mol. The third kappa shape index (κ3) is 5.99. The number of hydrogen-bond donors (Lipinski definition) is 2. The quantitative estimate of drug-likeness (QED) is 0.546. The highest BCUT2D eigenvalue weighted by Crippen LogP contribution is 1.92. The van der Waals surface area contributed by atoms with Crippen molar-refractivity contribution in [3.05, 3.63) is 0 Å². The first-order valence-corrected chi connectivity index (χ1v) is 4.29. The highest BCUT2D eigenvalue weighted by atomic mass is 31.0. The maximum absolute atomic E-state index is 10.8. The highest BCUT2D eigenvalue weighted by molar-refractivity contribution is 7.16. The van der Waals surface area contributed by atoms with Gasteiger partial charge in [0.05, 0.1) is 0 Å². The van der Waals surface area contributed by atoms with Crippen LogP contribution >= 0.6 is 9.24 Å². The molecule has 3 nitrogen and oxygen atoms in total. The topological polar surface area (TPSA) is 55.1 Å². The summed E-state index contributed by atoms with van der Waals surface area (Å²) in [5.74, 6) is 0.105. The molecule has 60 valence electrons. The van der Waals surface area contributed by atoms with Crippen LogP contribution < -0.4 is 11.1 Å². The van der Waals surface area contributed by atoms with E-state index in [1.807, 2.05) is 0 Å². The second-order valence-corrected chi connectivity index (χ2v) is 2.61. The number of nitrogens with one attached hydrogen (secondary N) is 1. The van der Waals surface area contributed by atoms with Gasteiger partial charge in [-0.15, -0.1) is 9.24 Å². The Kier molecular flexibility index (Phi) is 6.88. The first-order chi connectivity index (χ1) is 4.81. The molecule has 10 heavy (non-hydrogen) atoms. The molecule has 1 atom stereocenters. The number of rotatable bonds is 5. The number of hydrogen-bond acceptors (Lipinski definition) is 2. The number of amides is 1. The molecular formula is C6H15N2OP. The molecule has 1 amide bonds. The fourth-order valence-corrected chi connectivity index (χ4v) is 0.767. The average molecular weight is 162 g/mol. The summed E-state index contributed by atoms with van der Waals surface area (Å²) in [6, 6.07) is 0. The second-order valence-electron chi connectivity index (χ2n) is 2.03. The Labute approximate surface area is 63.9 Å². The third-order valence-electron chi connectivity index (χ3n) is 1.07. The van der Waals surface area contributed by atoms with Crippen LogP contribution in [-0.2, 0) is 4.79 Å². The lowest BCUT2D eigenvalue weighted by Gasteiger charge is -2.00. The van der Waals surface area contributed by atoms with E-state index in [2.05, 4.69) is 14.6 Å². The van der Waals surface area contributed by atoms with Gasteiger partial charge in [0, 0.05) is 19.5 Å². The van der Waals surface area contributed by atoms with Crippen molar-refractivity contribution in [1.29, 1.82) is 0 Å². The van der Waals surface area contributed by atoms with E-state index in [1.54, 1.807) is 0 Å². The van der Waals surface area contributed by atoms with Crippen molar-refractivity contribution in [2.45, 2.75) is 12.8 Å². The molecule has 0 aromatic heterocycles. The van der Waals surface area contributed by atoms with Crippen molar-refractivity contribution >= 4 is 15.1 Å². The maximum Gasteiger partial charge on any atom is 0.220 e. The van der Waals surface area contributed by atoms with Crippen molar-refractivity contribution < 1.29 is 4.79 Å². The molecule has 0 fully saturated rings. The summed E-state index contributed by atoms with van der Waals surface area (Å²) in [5.41, 5.74) is 5.19. The zero-order chi connectivity index (χ0) is 7.82. The molecule has 0 bridgehead atoms. The molecule has 0 rings (SSSR count). The van der Waals surface area contributed by atoms with Crippen molar-refractivity contribution in [2.75, 3.05) is 19.3 Å². The maximum atomic E-state index is 10.8. The Balaban J connectivity index is 3.09. The normalized spacial score (nSPS) is 9.40. The van der Waals surface area contributed by atoms with Gasteiger partial charge in [0.2, 0.25) is 5.91 Å². The Morgan fingerprint density at radius 2 is 2.30 bits per heavy atom. The van der Waals surface area contributed by atoms with Gasteiger partial charge in [-0.1, -0.05) is 0 Å². The Hall–Kier alpha value is -0.140. The van der Waals surface area contributed by atoms with E-state index in [-0.39, 0.29) is 5.91 Å². The largest absolute Gasteiger partial charge is 0.355 e. The molecule has 0 aliphatic carbocycles. The Bertz CT molecular complexity index is 87.7. The predicted octanol–water partition coefficient (Wildman–Crippen LogP) is -0.283. The lowest BCUT2D eigenvalue weighted by atomic mass is 10.3. The van der Waals surface area contributed by atoms with Gasteiger partial charge >= 0.3 is 0 Å². The predicted molar refractivity (Wildman–Crippen MR) is 45.9 cm³/mol. The van der Waals surface area contributed by atoms with E-state index in [9.17, 15) is 4.79 Å². The van der Waals surface area contributed by atoms with Gasteiger partial charge in [0.15, 0.2) is 0 Å². The summed E-state index contributed by atoms with van der Waals surface area (Å²) in [6.07, 6.45) is 2.53. The van der Waals surface area contributed by atoms with Gasteiger partial charge in [-0.2, -0.15) is 0 Å². The average Bonchev–Trinajstić information content (AvgIpc) is 1.97. The van der Waals surface area contributed by atoms with E-state index >= 15 is 0 Å². The molecule has 1 unspecified atom stereocenters. The minimum absolute atomic E-state index is 0.105. The van der Waals surface area contributed by atoms with Crippen LogP contribution in [0.3, 0.4) is 0 Å². The summed E-state index contributed by atoms with van der Waals surface area (Å²) in [4.78, 5) is 10.8. The molecule has 0 aromatic carbocycles. The Morgan fingerprint density at radius 1 is 1.60 bits per heavy atom. The van der Waals surface area contributed by atoms with Crippen LogP contribution in [0.2, 0.25) is 0 Å². The standard InChI is InChI=1S/C6H15N2OP/c7-3-4-8-6(9)2-1-5-10/h1-5,7,10H2,(H,8,9). The molecule has 3 N–H and O–H groups in total. The molecule has 0 spiro atoms. The fourth-order valence-electron chi connectivity index (χ4n) is 0.563. The smallest absolute Gasteiger partial charge is 0.220 e. The molecule has 0 saturated heterocycles. The van der Waals surface area contributed by atoms with Gasteiger partial charge in [-0.05, 0) is 12.6 Å². The summed E-state index contributed by atoms with van der Waals surface area (Å²) in [7, 11) is 2.59. The first-order valence-electron chi connectivity index (χ1n) is 3.48. The zero-order valence-corrected chi connectivity index (χ0v) is 7.25. The number of carbonyl (C=O) groups excluding carboxylic acids is 1. The van der Waals surface area contributed by atoms with Crippen LogP contribution in [0.15, 0.2) is 0 Å². The molecule has 0 radical (unpaired) electrons. The van der Waals surface area contributed by atoms with Crippen molar-refractivity contribution in [2.24, 2.45) is 5.73 Å². The Morgan fingerprint density at radius 3 is 2.80 bits per heavy atom. The third-order valence-corrected chi connectivity index (χ3v) is 1.48. The minimum Gasteiger partial charge on any atom is -0.355 e. The van der Waals surface area contributed by atoms with Crippen molar-refractivity contribution in [3.63, 3.8) is 0 Å². The van der Waals surface area contributed by atoms with Crippen LogP contribution in [0.4, 0.5) is 0 Å². The van der Waals surface area contributed by atoms with Crippen LogP contribution in [0.1, 0.15) is 12.8 Å². The lowest BCUT2D eigenvalue weighted by molar-refractivity contribution is -0.121. The first kappa shape index (κ1) is 9.86. The van der Waals surface area contributed by atoms with Crippen LogP contribution in [0.5, 0.6) is 0 Å². The summed E-state index contributed by atoms with van der Waals surface area (Å²) >= 11 is 0. The van der Waals surface area contributed by atoms with E-state index in [1.165, 1.54) is 0 Å². The number of nitrogens with two attached hydrogens (primary N) is 1. The molecule has 0 aliphatic rings. The summed E-state index contributed by atoms with van der Waals surface area (Å²) < 4.78 is 0. The van der Waals surface area contributed by atoms with Gasteiger partial charge < -0.3 is 11.1 Å². The van der Waals surface area contributed by atoms with Crippen LogP contribution in [0, 0.1) is 0 Å². The van der Waals surface area contributed by atoms with Gasteiger partial charge in [-0.25, -0.2) is 0 Å². The molecule has 0 aromatic rings. The van der Waals surface area contributed by atoms with E-state index in [0.29, 0.717) is 19.5 Å². The molecule has 0 aliphatic heterocycles. The van der Waals surface area contributed by atoms with E-state index in [0.717, 1.165) is 12.6 Å². The summed E-state index contributed by atoms with van der Waals surface area (Å²) in [5, 5.41) is 2.69.